The molecule has 3 N–H and O–H groups in total. The van der Waals surface area contributed by atoms with Gasteiger partial charge in [0, 0.05) is 19.7 Å². The molecule has 1 aliphatic rings. The topological polar surface area (TPSA) is 118 Å². The summed E-state index contributed by atoms with van der Waals surface area (Å²) in [5.74, 6) is 0.863. The lowest BCUT2D eigenvalue weighted by Gasteiger charge is -2.18. The molecule has 1 aromatic rings. The summed E-state index contributed by atoms with van der Waals surface area (Å²) in [4.78, 5) is 16.3. The first-order chi connectivity index (χ1) is 9.02. The first-order valence-corrected chi connectivity index (χ1v) is 5.87. The number of amidine groups is 1. The monoisotopic (exact) mass is 265 g/mol. The number of nitrogens with zero attached hydrogens (tertiary/aromatic N) is 4. The van der Waals surface area contributed by atoms with E-state index in [4.69, 9.17) is 10.9 Å². The SMILES string of the molecule is CN(CC1CC1)c1ccc([N+](=O)[O-])c(/C(N)=N/O)n1. The Morgan fingerprint density at radius 1 is 1.68 bits per heavy atom. The van der Waals surface area contributed by atoms with Gasteiger partial charge in [0.25, 0.3) is 5.69 Å². The zero-order valence-electron chi connectivity index (χ0n) is 10.5. The number of oxime groups is 1. The number of nitro groups is 1. The van der Waals surface area contributed by atoms with Gasteiger partial charge in [0.2, 0.25) is 0 Å². The molecular formula is C11H15N5O3. The van der Waals surface area contributed by atoms with Crippen LogP contribution >= 0.6 is 0 Å². The van der Waals surface area contributed by atoms with Crippen molar-refractivity contribution in [2.75, 3.05) is 18.5 Å². The van der Waals surface area contributed by atoms with E-state index in [0.717, 1.165) is 6.54 Å². The van der Waals surface area contributed by atoms with Gasteiger partial charge in [0.1, 0.15) is 5.82 Å². The molecule has 8 nitrogen and oxygen atoms in total. The summed E-state index contributed by atoms with van der Waals surface area (Å²) >= 11 is 0. The molecule has 0 aliphatic heterocycles. The van der Waals surface area contributed by atoms with E-state index in [1.807, 2.05) is 11.9 Å². The van der Waals surface area contributed by atoms with Gasteiger partial charge in [0.15, 0.2) is 11.5 Å². The quantitative estimate of drug-likeness (QED) is 0.269. The van der Waals surface area contributed by atoms with E-state index in [0.29, 0.717) is 11.7 Å². The van der Waals surface area contributed by atoms with E-state index in [-0.39, 0.29) is 17.2 Å². The van der Waals surface area contributed by atoms with Crippen LogP contribution in [-0.2, 0) is 0 Å². The number of pyridine rings is 1. The van der Waals surface area contributed by atoms with Crippen molar-refractivity contribution in [3.63, 3.8) is 0 Å². The maximum atomic E-state index is 10.9. The van der Waals surface area contributed by atoms with E-state index in [1.165, 1.54) is 18.9 Å². The molecule has 1 fully saturated rings. The molecular weight excluding hydrogens is 250 g/mol. The van der Waals surface area contributed by atoms with Gasteiger partial charge in [-0.15, -0.1) is 0 Å². The summed E-state index contributed by atoms with van der Waals surface area (Å²) in [7, 11) is 1.86. The minimum absolute atomic E-state index is 0.118. The average molecular weight is 265 g/mol. The zero-order valence-corrected chi connectivity index (χ0v) is 10.5. The minimum Gasteiger partial charge on any atom is -0.409 e. The molecule has 0 spiro atoms. The lowest BCUT2D eigenvalue weighted by atomic mass is 10.2. The first-order valence-electron chi connectivity index (χ1n) is 5.87. The van der Waals surface area contributed by atoms with Gasteiger partial charge in [-0.05, 0) is 24.8 Å². The highest BCUT2D eigenvalue weighted by Crippen LogP contribution is 2.31. The van der Waals surface area contributed by atoms with Crippen LogP contribution in [-0.4, -0.2) is 34.5 Å². The van der Waals surface area contributed by atoms with Crippen molar-refractivity contribution in [2.24, 2.45) is 16.8 Å². The van der Waals surface area contributed by atoms with Crippen molar-refractivity contribution in [1.29, 1.82) is 0 Å². The van der Waals surface area contributed by atoms with Gasteiger partial charge >= 0.3 is 0 Å². The molecule has 0 aromatic carbocycles. The molecule has 0 bridgehead atoms. The summed E-state index contributed by atoms with van der Waals surface area (Å²) in [5.41, 5.74) is 5.03. The maximum absolute atomic E-state index is 10.9. The summed E-state index contributed by atoms with van der Waals surface area (Å²) < 4.78 is 0. The Labute approximate surface area is 109 Å². The molecule has 1 aliphatic carbocycles. The number of aromatic nitrogens is 1. The smallest absolute Gasteiger partial charge is 0.298 e. The van der Waals surface area contributed by atoms with Crippen molar-refractivity contribution >= 4 is 17.3 Å². The van der Waals surface area contributed by atoms with E-state index in [1.54, 1.807) is 6.07 Å². The Morgan fingerprint density at radius 3 is 2.89 bits per heavy atom. The minimum atomic E-state index is -0.606. The predicted molar refractivity (Wildman–Crippen MR) is 69.4 cm³/mol. The second-order valence-electron chi connectivity index (χ2n) is 4.60. The summed E-state index contributed by atoms with van der Waals surface area (Å²) in [5, 5.41) is 22.3. The van der Waals surface area contributed by atoms with Crippen LogP contribution in [0.1, 0.15) is 18.5 Å². The van der Waals surface area contributed by atoms with Crippen molar-refractivity contribution in [2.45, 2.75) is 12.8 Å². The van der Waals surface area contributed by atoms with Crippen LogP contribution in [0.3, 0.4) is 0 Å². The number of nitrogens with two attached hydrogens (primary N) is 1. The molecule has 2 rings (SSSR count). The van der Waals surface area contributed by atoms with Crippen molar-refractivity contribution in [1.82, 2.24) is 4.98 Å². The van der Waals surface area contributed by atoms with Gasteiger partial charge < -0.3 is 15.8 Å². The third-order valence-corrected chi connectivity index (χ3v) is 3.03. The van der Waals surface area contributed by atoms with Crippen LogP contribution in [0.15, 0.2) is 17.3 Å². The van der Waals surface area contributed by atoms with E-state index >= 15 is 0 Å². The molecule has 1 heterocycles. The van der Waals surface area contributed by atoms with Crippen molar-refractivity contribution < 1.29 is 10.1 Å². The molecule has 0 unspecified atom stereocenters. The predicted octanol–water partition coefficient (Wildman–Crippen LogP) is 0.930. The van der Waals surface area contributed by atoms with Gasteiger partial charge in [-0.1, -0.05) is 5.16 Å². The molecule has 0 atom stereocenters. The fourth-order valence-corrected chi connectivity index (χ4v) is 1.82. The average Bonchev–Trinajstić information content (AvgIpc) is 3.20. The highest BCUT2D eigenvalue weighted by atomic mass is 16.6. The molecule has 1 saturated carbocycles. The van der Waals surface area contributed by atoms with E-state index < -0.39 is 4.92 Å². The molecule has 0 saturated heterocycles. The Bertz CT molecular complexity index is 527. The molecule has 0 amide bonds. The lowest BCUT2D eigenvalue weighted by Crippen LogP contribution is -2.24. The Balaban J connectivity index is 2.33. The van der Waals surface area contributed by atoms with E-state index in [2.05, 4.69) is 10.1 Å². The van der Waals surface area contributed by atoms with Crippen LogP contribution in [0.4, 0.5) is 11.5 Å². The van der Waals surface area contributed by atoms with Crippen molar-refractivity contribution in [3.05, 3.63) is 27.9 Å². The number of anilines is 1. The second-order valence-corrected chi connectivity index (χ2v) is 4.60. The third-order valence-electron chi connectivity index (χ3n) is 3.03. The molecule has 1 aromatic heterocycles. The first kappa shape index (κ1) is 13.1. The van der Waals surface area contributed by atoms with Crippen LogP contribution in [0.5, 0.6) is 0 Å². The Kier molecular flexibility index (Phi) is 3.50. The zero-order chi connectivity index (χ0) is 14.0. The summed E-state index contributed by atoms with van der Waals surface area (Å²) in [6, 6.07) is 2.88. The van der Waals surface area contributed by atoms with Crippen LogP contribution < -0.4 is 10.6 Å². The fraction of sp³-hybridized carbons (Fsp3) is 0.455. The third kappa shape index (κ3) is 2.90. The van der Waals surface area contributed by atoms with Crippen LogP contribution in [0.25, 0.3) is 0 Å². The number of hydrogen-bond acceptors (Lipinski definition) is 6. The second kappa shape index (κ2) is 5.09. The van der Waals surface area contributed by atoms with Gasteiger partial charge in [0.05, 0.1) is 4.92 Å². The number of rotatable bonds is 5. The summed E-state index contributed by atoms with van der Waals surface area (Å²) in [6.45, 7) is 0.848. The normalized spacial score (nSPS) is 15.3. The molecule has 19 heavy (non-hydrogen) atoms. The Hall–Kier alpha value is -2.38. The lowest BCUT2D eigenvalue weighted by molar-refractivity contribution is -0.385. The van der Waals surface area contributed by atoms with Gasteiger partial charge in [-0.2, -0.15) is 0 Å². The fourth-order valence-electron chi connectivity index (χ4n) is 1.82. The largest absolute Gasteiger partial charge is 0.409 e. The molecule has 8 heteroatoms. The highest BCUT2D eigenvalue weighted by molar-refractivity contribution is 5.99. The van der Waals surface area contributed by atoms with Gasteiger partial charge in [-0.3, -0.25) is 10.1 Å². The van der Waals surface area contributed by atoms with Crippen LogP contribution in [0, 0.1) is 16.0 Å². The highest BCUT2D eigenvalue weighted by Gasteiger charge is 2.25. The van der Waals surface area contributed by atoms with Gasteiger partial charge in [-0.25, -0.2) is 4.98 Å². The Morgan fingerprint density at radius 2 is 2.37 bits per heavy atom. The maximum Gasteiger partial charge on any atom is 0.298 e. The molecule has 0 radical (unpaired) electrons. The number of hydrogen-bond donors (Lipinski definition) is 2. The standard InChI is InChI=1S/C11H15N5O3/c1-15(6-7-2-3-7)9-5-4-8(16(18)19)10(13-9)11(12)14-17/h4-5,7,17H,2-3,6H2,1H3,(H2,12,14). The van der Waals surface area contributed by atoms with E-state index in [9.17, 15) is 10.1 Å². The summed E-state index contributed by atoms with van der Waals surface area (Å²) in [6.07, 6.45) is 2.40. The van der Waals surface area contributed by atoms with Crippen LogP contribution in [0.2, 0.25) is 0 Å². The molecule has 102 valence electrons. The van der Waals surface area contributed by atoms with Crippen molar-refractivity contribution in [3.8, 4) is 0 Å².